The van der Waals surface area contributed by atoms with Gasteiger partial charge in [0.25, 0.3) is 0 Å². The molecule has 0 aliphatic heterocycles. The zero-order chi connectivity index (χ0) is 11.4. The maximum Gasteiger partial charge on any atom is 0.326 e. The lowest BCUT2D eigenvalue weighted by molar-refractivity contribution is -0.137. The van der Waals surface area contributed by atoms with Gasteiger partial charge in [0.1, 0.15) is 11.9 Å². The molecule has 5 heteroatoms. The van der Waals surface area contributed by atoms with Crippen molar-refractivity contribution in [1.29, 1.82) is 0 Å². The van der Waals surface area contributed by atoms with E-state index in [0.717, 1.165) is 0 Å². The number of carboxylic acid groups (broad SMARTS) is 1. The van der Waals surface area contributed by atoms with Gasteiger partial charge in [-0.25, -0.2) is 9.18 Å². The van der Waals surface area contributed by atoms with Crippen LogP contribution < -0.4 is 5.32 Å². The van der Waals surface area contributed by atoms with Crippen LogP contribution in [0.1, 0.15) is 13.3 Å². The predicted octanol–water partition coefficient (Wildman–Crippen LogP) is 2.86. The van der Waals surface area contributed by atoms with Crippen molar-refractivity contribution >= 4 is 27.6 Å². The van der Waals surface area contributed by atoms with E-state index in [2.05, 4.69) is 21.2 Å². The number of nitrogens with one attached hydrogen (secondary N) is 1. The first-order chi connectivity index (χ1) is 7.04. The van der Waals surface area contributed by atoms with Crippen LogP contribution >= 0.6 is 15.9 Å². The molecular formula is C10H11BrFNO2. The van der Waals surface area contributed by atoms with Gasteiger partial charge in [-0.3, -0.25) is 0 Å². The van der Waals surface area contributed by atoms with Crippen molar-refractivity contribution in [3.8, 4) is 0 Å². The number of hydrogen-bond acceptors (Lipinski definition) is 2. The summed E-state index contributed by atoms with van der Waals surface area (Å²) in [6, 6.07) is 3.68. The summed E-state index contributed by atoms with van der Waals surface area (Å²) in [6.45, 7) is 1.72. The van der Waals surface area contributed by atoms with Crippen LogP contribution in [0.15, 0.2) is 22.7 Å². The zero-order valence-electron chi connectivity index (χ0n) is 8.13. The van der Waals surface area contributed by atoms with E-state index in [1.54, 1.807) is 13.0 Å². The summed E-state index contributed by atoms with van der Waals surface area (Å²) in [5.74, 6) is -1.45. The highest BCUT2D eigenvalue weighted by molar-refractivity contribution is 9.10. The Balaban J connectivity index is 2.84. The normalized spacial score (nSPS) is 12.2. The molecule has 0 amide bonds. The van der Waals surface area contributed by atoms with E-state index in [9.17, 15) is 9.18 Å². The molecule has 3 nitrogen and oxygen atoms in total. The first kappa shape index (κ1) is 12.0. The fraction of sp³-hybridized carbons (Fsp3) is 0.300. The van der Waals surface area contributed by atoms with Crippen molar-refractivity contribution in [2.24, 2.45) is 0 Å². The topological polar surface area (TPSA) is 49.3 Å². The number of rotatable bonds is 4. The van der Waals surface area contributed by atoms with E-state index in [-0.39, 0.29) is 5.69 Å². The Morgan fingerprint density at radius 2 is 2.33 bits per heavy atom. The van der Waals surface area contributed by atoms with Crippen LogP contribution in [0, 0.1) is 5.82 Å². The fourth-order valence-corrected chi connectivity index (χ4v) is 1.47. The van der Waals surface area contributed by atoms with Crippen LogP contribution in [0.25, 0.3) is 0 Å². The third-order valence-corrected chi connectivity index (χ3v) is 2.46. The molecule has 0 heterocycles. The Morgan fingerprint density at radius 1 is 1.67 bits per heavy atom. The number of hydrogen-bond donors (Lipinski definition) is 2. The summed E-state index contributed by atoms with van der Waals surface area (Å²) in [4.78, 5) is 10.7. The number of benzene rings is 1. The molecule has 0 aliphatic rings. The highest BCUT2D eigenvalue weighted by Gasteiger charge is 2.15. The van der Waals surface area contributed by atoms with E-state index in [1.165, 1.54) is 12.1 Å². The molecule has 0 aromatic heterocycles. The molecule has 1 rings (SSSR count). The number of carboxylic acids is 1. The highest BCUT2D eigenvalue weighted by atomic mass is 79.9. The molecule has 0 fully saturated rings. The quantitative estimate of drug-likeness (QED) is 0.889. The molecule has 0 saturated carbocycles. The van der Waals surface area contributed by atoms with E-state index < -0.39 is 17.8 Å². The minimum Gasteiger partial charge on any atom is -0.480 e. The Hall–Kier alpha value is -1.10. The summed E-state index contributed by atoms with van der Waals surface area (Å²) in [5, 5.41) is 11.4. The van der Waals surface area contributed by atoms with Gasteiger partial charge in [0.2, 0.25) is 0 Å². The van der Waals surface area contributed by atoms with Gasteiger partial charge in [0.15, 0.2) is 0 Å². The lowest BCUT2D eigenvalue weighted by Gasteiger charge is -2.14. The molecule has 15 heavy (non-hydrogen) atoms. The minimum atomic E-state index is -0.986. The highest BCUT2D eigenvalue weighted by Crippen LogP contribution is 2.20. The molecule has 0 bridgehead atoms. The van der Waals surface area contributed by atoms with Crippen molar-refractivity contribution in [2.75, 3.05) is 5.32 Å². The molecular weight excluding hydrogens is 265 g/mol. The first-order valence-corrected chi connectivity index (χ1v) is 5.28. The lowest BCUT2D eigenvalue weighted by Crippen LogP contribution is -2.28. The Bertz CT molecular complexity index is 370. The number of carbonyl (C=O) groups is 1. The third kappa shape index (κ3) is 3.20. The molecule has 0 saturated heterocycles. The van der Waals surface area contributed by atoms with Crippen molar-refractivity contribution in [3.05, 3.63) is 28.5 Å². The summed E-state index contributed by atoms with van der Waals surface area (Å²) in [7, 11) is 0. The molecule has 82 valence electrons. The van der Waals surface area contributed by atoms with Gasteiger partial charge >= 0.3 is 5.97 Å². The zero-order valence-corrected chi connectivity index (χ0v) is 9.71. The SMILES string of the molecule is CC[C@H](Nc1ccc(Br)cc1F)C(=O)O. The van der Waals surface area contributed by atoms with Gasteiger partial charge in [0, 0.05) is 4.47 Å². The fourth-order valence-electron chi connectivity index (χ4n) is 1.13. The van der Waals surface area contributed by atoms with Gasteiger partial charge in [-0.15, -0.1) is 0 Å². The van der Waals surface area contributed by atoms with E-state index in [1.807, 2.05) is 0 Å². The van der Waals surface area contributed by atoms with Crippen LogP contribution in [-0.2, 0) is 4.79 Å². The van der Waals surface area contributed by atoms with Crippen molar-refractivity contribution in [3.63, 3.8) is 0 Å². The summed E-state index contributed by atoms with van der Waals surface area (Å²) in [5.41, 5.74) is 0.201. The van der Waals surface area contributed by atoms with Crippen LogP contribution in [0.5, 0.6) is 0 Å². The smallest absolute Gasteiger partial charge is 0.326 e. The monoisotopic (exact) mass is 275 g/mol. The Morgan fingerprint density at radius 3 is 2.80 bits per heavy atom. The molecule has 1 aromatic carbocycles. The maximum atomic E-state index is 13.3. The summed E-state index contributed by atoms with van der Waals surface area (Å²) in [6.07, 6.45) is 0.394. The molecule has 0 radical (unpaired) electrons. The first-order valence-electron chi connectivity index (χ1n) is 4.49. The van der Waals surface area contributed by atoms with Crippen LogP contribution in [-0.4, -0.2) is 17.1 Å². The molecule has 1 atom stereocenters. The average molecular weight is 276 g/mol. The van der Waals surface area contributed by atoms with Crippen molar-refractivity contribution in [2.45, 2.75) is 19.4 Å². The van der Waals surface area contributed by atoms with Gasteiger partial charge in [-0.2, -0.15) is 0 Å². The second-order valence-corrected chi connectivity index (χ2v) is 3.98. The van der Waals surface area contributed by atoms with E-state index in [0.29, 0.717) is 10.9 Å². The van der Waals surface area contributed by atoms with Gasteiger partial charge < -0.3 is 10.4 Å². The van der Waals surface area contributed by atoms with Crippen LogP contribution in [0.3, 0.4) is 0 Å². The average Bonchev–Trinajstić information content (AvgIpc) is 2.16. The molecule has 2 N–H and O–H groups in total. The lowest BCUT2D eigenvalue weighted by atomic mass is 10.2. The molecule has 0 unspecified atom stereocenters. The van der Waals surface area contributed by atoms with E-state index in [4.69, 9.17) is 5.11 Å². The van der Waals surface area contributed by atoms with Gasteiger partial charge in [0.05, 0.1) is 5.69 Å². The van der Waals surface area contributed by atoms with Crippen LogP contribution in [0.4, 0.5) is 10.1 Å². The Labute approximate surface area is 95.4 Å². The predicted molar refractivity (Wildman–Crippen MR) is 59.4 cm³/mol. The second kappa shape index (κ2) is 5.11. The van der Waals surface area contributed by atoms with Crippen molar-refractivity contribution < 1.29 is 14.3 Å². The molecule has 0 spiro atoms. The largest absolute Gasteiger partial charge is 0.480 e. The number of anilines is 1. The second-order valence-electron chi connectivity index (χ2n) is 3.07. The number of aliphatic carboxylic acids is 1. The summed E-state index contributed by atoms with van der Waals surface area (Å²) < 4.78 is 13.9. The Kier molecular flexibility index (Phi) is 4.08. The minimum absolute atomic E-state index is 0.201. The van der Waals surface area contributed by atoms with Gasteiger partial charge in [-0.1, -0.05) is 22.9 Å². The summed E-state index contributed by atoms with van der Waals surface area (Å²) >= 11 is 3.12. The third-order valence-electron chi connectivity index (χ3n) is 1.97. The standard InChI is InChI=1S/C10H11BrFNO2/c1-2-8(10(14)15)13-9-4-3-6(11)5-7(9)12/h3-5,8,13H,2H2,1H3,(H,14,15)/t8-/m0/s1. The van der Waals surface area contributed by atoms with Crippen molar-refractivity contribution in [1.82, 2.24) is 0 Å². The molecule has 1 aromatic rings. The van der Waals surface area contributed by atoms with Crippen LogP contribution in [0.2, 0.25) is 0 Å². The molecule has 0 aliphatic carbocycles. The van der Waals surface area contributed by atoms with E-state index >= 15 is 0 Å². The maximum absolute atomic E-state index is 13.3. The number of halogens is 2. The van der Waals surface area contributed by atoms with Gasteiger partial charge in [-0.05, 0) is 24.6 Å².